The van der Waals surface area contributed by atoms with E-state index in [0.717, 1.165) is 25.7 Å². The molecule has 0 heterocycles. The summed E-state index contributed by atoms with van der Waals surface area (Å²) < 4.78 is 10.0. The van der Waals surface area contributed by atoms with E-state index in [0.29, 0.717) is 0 Å². The normalized spacial score (nSPS) is 12.4. The van der Waals surface area contributed by atoms with Crippen LogP contribution in [-0.2, 0) is 29.0 Å². The van der Waals surface area contributed by atoms with E-state index in [4.69, 9.17) is 19.2 Å². The number of rotatable bonds is 12. The van der Waals surface area contributed by atoms with E-state index in [1.54, 1.807) is 13.8 Å². The summed E-state index contributed by atoms with van der Waals surface area (Å²) in [7, 11) is 0. The van der Waals surface area contributed by atoms with Crippen molar-refractivity contribution in [2.75, 3.05) is 13.2 Å². The third-order valence-electron chi connectivity index (χ3n) is 3.54. The van der Waals surface area contributed by atoms with Gasteiger partial charge in [-0.3, -0.25) is 9.78 Å². The van der Waals surface area contributed by atoms with Crippen molar-refractivity contribution in [3.05, 3.63) is 0 Å². The van der Waals surface area contributed by atoms with Gasteiger partial charge in [0, 0.05) is 5.41 Å². The number of hydrogen-bond acceptors (Lipinski definition) is 8. The van der Waals surface area contributed by atoms with Crippen LogP contribution >= 0.6 is 0 Å². The average Bonchev–Trinajstić information content (AvgIpc) is 2.55. The maximum Gasteiger partial charge on any atom is 0.540 e. The molecule has 0 radical (unpaired) electrons. The Morgan fingerprint density at radius 1 is 0.667 bits per heavy atom. The molecular weight excluding hydrogens is 356 g/mol. The van der Waals surface area contributed by atoms with Gasteiger partial charge in [-0.1, -0.05) is 40.5 Å². The molecule has 0 aromatic carbocycles. The molecular formula is C19H36O8. The smallest absolute Gasteiger partial charge is 0.432 e. The van der Waals surface area contributed by atoms with Crippen molar-refractivity contribution >= 4 is 12.3 Å². The molecule has 160 valence electrons. The van der Waals surface area contributed by atoms with Gasteiger partial charge in [-0.2, -0.15) is 9.78 Å². The Morgan fingerprint density at radius 3 is 1.30 bits per heavy atom. The van der Waals surface area contributed by atoms with Crippen LogP contribution in [0.5, 0.6) is 0 Å². The molecule has 0 N–H and O–H groups in total. The first-order valence-corrected chi connectivity index (χ1v) is 9.37. The molecule has 0 spiro atoms. The van der Waals surface area contributed by atoms with Gasteiger partial charge in [-0.05, 0) is 40.5 Å². The first kappa shape index (κ1) is 25.5. The van der Waals surface area contributed by atoms with E-state index < -0.39 is 28.9 Å². The van der Waals surface area contributed by atoms with Crippen molar-refractivity contribution in [2.24, 2.45) is 5.41 Å². The van der Waals surface area contributed by atoms with Crippen LogP contribution in [0.2, 0.25) is 0 Å². The van der Waals surface area contributed by atoms with E-state index in [9.17, 15) is 9.59 Å². The van der Waals surface area contributed by atoms with Crippen molar-refractivity contribution in [2.45, 2.75) is 92.3 Å². The standard InChI is InChI=1S/C19H36O8/c1-9-11-18(5,6)26-24-15(20)22-13-17(3,4)14-23-16(21)25-27-19(7,8)12-10-2/h9-14H2,1-8H3. The maximum atomic E-state index is 11.6. The minimum atomic E-state index is -0.945. The van der Waals surface area contributed by atoms with Crippen LogP contribution < -0.4 is 0 Å². The molecule has 0 aliphatic heterocycles. The first-order valence-electron chi connectivity index (χ1n) is 9.37. The van der Waals surface area contributed by atoms with E-state index in [1.807, 2.05) is 41.5 Å². The van der Waals surface area contributed by atoms with Crippen LogP contribution in [0.15, 0.2) is 0 Å². The highest BCUT2D eigenvalue weighted by atomic mass is 17.2. The molecule has 0 fully saturated rings. The summed E-state index contributed by atoms with van der Waals surface area (Å²) in [6.07, 6.45) is 1.37. The van der Waals surface area contributed by atoms with Gasteiger partial charge in [0.2, 0.25) is 0 Å². The molecule has 0 aliphatic rings. The van der Waals surface area contributed by atoms with Crippen LogP contribution in [0, 0.1) is 5.41 Å². The number of hydrogen-bond donors (Lipinski definition) is 0. The molecule has 8 nitrogen and oxygen atoms in total. The molecule has 0 amide bonds. The second-order valence-corrected chi connectivity index (χ2v) is 8.59. The molecule has 0 rings (SSSR count). The van der Waals surface area contributed by atoms with Crippen LogP contribution in [0.25, 0.3) is 0 Å². The largest absolute Gasteiger partial charge is 0.540 e. The Morgan fingerprint density at radius 2 is 1.00 bits per heavy atom. The summed E-state index contributed by atoms with van der Waals surface area (Å²) in [6.45, 7) is 14.7. The maximum absolute atomic E-state index is 11.6. The van der Waals surface area contributed by atoms with Crippen molar-refractivity contribution in [1.29, 1.82) is 0 Å². The highest BCUT2D eigenvalue weighted by Crippen LogP contribution is 2.20. The monoisotopic (exact) mass is 392 g/mol. The summed E-state index contributed by atoms with van der Waals surface area (Å²) in [5.74, 6) is 0. The lowest BCUT2D eigenvalue weighted by molar-refractivity contribution is -0.321. The zero-order chi connectivity index (χ0) is 21.1. The third-order valence-corrected chi connectivity index (χ3v) is 3.54. The third kappa shape index (κ3) is 13.3. The van der Waals surface area contributed by atoms with Gasteiger partial charge in [0.1, 0.15) is 24.4 Å². The van der Waals surface area contributed by atoms with Crippen LogP contribution in [0.4, 0.5) is 9.59 Å². The molecule has 0 aliphatic carbocycles. The summed E-state index contributed by atoms with van der Waals surface area (Å²) in [5, 5.41) is 0. The first-order chi connectivity index (χ1) is 12.3. The molecule has 0 atom stereocenters. The van der Waals surface area contributed by atoms with Gasteiger partial charge < -0.3 is 9.47 Å². The predicted octanol–water partition coefficient (Wildman–Crippen LogP) is 5.34. The fraction of sp³-hybridized carbons (Fsp3) is 0.895. The lowest BCUT2D eigenvalue weighted by Gasteiger charge is -2.25. The predicted molar refractivity (Wildman–Crippen MR) is 98.8 cm³/mol. The minimum absolute atomic E-state index is 0.0289. The molecule has 0 saturated heterocycles. The summed E-state index contributed by atoms with van der Waals surface area (Å²) >= 11 is 0. The Kier molecular flexibility index (Phi) is 10.7. The van der Waals surface area contributed by atoms with Gasteiger partial charge in [0.15, 0.2) is 0 Å². The van der Waals surface area contributed by atoms with E-state index in [2.05, 4.69) is 9.78 Å². The van der Waals surface area contributed by atoms with E-state index >= 15 is 0 Å². The summed E-state index contributed by atoms with van der Waals surface area (Å²) in [5.41, 5.74) is -1.81. The molecule has 0 aromatic rings. The Hall–Kier alpha value is -1.54. The SMILES string of the molecule is CCCC(C)(C)OOC(=O)OCC(C)(C)COC(=O)OOC(C)(C)CCC. The second-order valence-electron chi connectivity index (χ2n) is 8.59. The number of carbonyl (C=O) groups excluding carboxylic acids is 2. The van der Waals surface area contributed by atoms with E-state index in [1.165, 1.54) is 0 Å². The highest BCUT2D eigenvalue weighted by Gasteiger charge is 2.27. The average molecular weight is 392 g/mol. The van der Waals surface area contributed by atoms with Gasteiger partial charge in [0.25, 0.3) is 0 Å². The van der Waals surface area contributed by atoms with E-state index in [-0.39, 0.29) is 13.2 Å². The number of ether oxygens (including phenoxy) is 2. The molecule has 0 bridgehead atoms. The zero-order valence-corrected chi connectivity index (χ0v) is 18.0. The Bertz CT molecular complexity index is 417. The fourth-order valence-corrected chi connectivity index (χ4v) is 2.18. The quantitative estimate of drug-likeness (QED) is 0.250. The molecule has 0 saturated carbocycles. The zero-order valence-electron chi connectivity index (χ0n) is 18.0. The van der Waals surface area contributed by atoms with Crippen molar-refractivity contribution in [3.63, 3.8) is 0 Å². The lowest BCUT2D eigenvalue weighted by Crippen LogP contribution is -2.31. The van der Waals surface area contributed by atoms with Crippen molar-refractivity contribution in [3.8, 4) is 0 Å². The lowest BCUT2D eigenvalue weighted by atomic mass is 9.96. The van der Waals surface area contributed by atoms with Crippen LogP contribution in [0.1, 0.15) is 81.1 Å². The van der Waals surface area contributed by atoms with Crippen molar-refractivity contribution in [1.82, 2.24) is 0 Å². The molecule has 27 heavy (non-hydrogen) atoms. The molecule has 8 heteroatoms. The second kappa shape index (κ2) is 11.3. The summed E-state index contributed by atoms with van der Waals surface area (Å²) in [6, 6.07) is 0. The van der Waals surface area contributed by atoms with Crippen molar-refractivity contribution < 1.29 is 38.6 Å². The Labute approximate surface area is 162 Å². The van der Waals surface area contributed by atoms with Crippen LogP contribution in [0.3, 0.4) is 0 Å². The highest BCUT2D eigenvalue weighted by molar-refractivity contribution is 5.59. The minimum Gasteiger partial charge on any atom is -0.432 e. The van der Waals surface area contributed by atoms with Gasteiger partial charge in [-0.25, -0.2) is 9.59 Å². The molecule has 0 aromatic heterocycles. The fourth-order valence-electron chi connectivity index (χ4n) is 2.18. The van der Waals surface area contributed by atoms with Gasteiger partial charge in [-0.15, -0.1) is 0 Å². The topological polar surface area (TPSA) is 89.5 Å². The Balaban J connectivity index is 4.15. The van der Waals surface area contributed by atoms with Gasteiger partial charge >= 0.3 is 12.3 Å². The van der Waals surface area contributed by atoms with Gasteiger partial charge in [0.05, 0.1) is 0 Å². The summed E-state index contributed by atoms with van der Waals surface area (Å²) in [4.78, 5) is 42.8. The molecule has 0 unspecified atom stereocenters. The van der Waals surface area contributed by atoms with Crippen LogP contribution in [-0.4, -0.2) is 36.7 Å². The number of carbonyl (C=O) groups is 2.